The van der Waals surface area contributed by atoms with Gasteiger partial charge in [0, 0.05) is 11.0 Å². The minimum Gasteiger partial charge on any atom is -0.392 e. The lowest BCUT2D eigenvalue weighted by atomic mass is 10.2. The number of para-hydroxylation sites is 1. The van der Waals surface area contributed by atoms with Gasteiger partial charge in [-0.2, -0.15) is 0 Å². The van der Waals surface area contributed by atoms with Crippen molar-refractivity contribution < 1.29 is 13.5 Å². The first-order valence-corrected chi connectivity index (χ1v) is 8.71. The number of benzene rings is 2. The summed E-state index contributed by atoms with van der Waals surface area (Å²) in [6.07, 6.45) is 0. The molecule has 6 heteroatoms. The summed E-state index contributed by atoms with van der Waals surface area (Å²) >= 11 is 3.28. The lowest BCUT2D eigenvalue weighted by Gasteiger charge is -2.23. The van der Waals surface area contributed by atoms with Gasteiger partial charge in [-0.3, -0.25) is 4.31 Å². The molecule has 0 amide bonds. The third kappa shape index (κ3) is 3.28. The minimum absolute atomic E-state index is 0.130. The van der Waals surface area contributed by atoms with Gasteiger partial charge in [-0.25, -0.2) is 8.42 Å². The van der Waals surface area contributed by atoms with Crippen LogP contribution in [0.3, 0.4) is 0 Å². The van der Waals surface area contributed by atoms with E-state index in [1.54, 1.807) is 43.3 Å². The van der Waals surface area contributed by atoms with Crippen LogP contribution in [0.4, 0.5) is 5.69 Å². The fraction of sp³-hybridized carbons (Fsp3) is 0.200. The van der Waals surface area contributed by atoms with Crippen molar-refractivity contribution in [3.63, 3.8) is 0 Å². The Hall–Kier alpha value is -1.37. The van der Waals surface area contributed by atoms with Gasteiger partial charge in [-0.1, -0.05) is 24.3 Å². The molecule has 0 aromatic heterocycles. The number of nitrogens with zero attached hydrogens (tertiary/aromatic N) is 1. The maximum atomic E-state index is 12.8. The standard InChI is InChI=1S/C15H16BrNO3S/c1-2-17(13-6-4-3-5-7-13)21(19,20)15-9-8-12(11-18)10-14(15)16/h3-10,18H,2,11H2,1H3. The van der Waals surface area contributed by atoms with Crippen LogP contribution >= 0.6 is 15.9 Å². The number of halogens is 1. The van der Waals surface area contributed by atoms with Crippen molar-refractivity contribution in [2.45, 2.75) is 18.4 Å². The number of anilines is 1. The molecule has 0 aliphatic carbocycles. The van der Waals surface area contributed by atoms with Crippen molar-refractivity contribution in [1.82, 2.24) is 0 Å². The van der Waals surface area contributed by atoms with Crippen LogP contribution in [0.15, 0.2) is 57.9 Å². The normalized spacial score (nSPS) is 11.4. The maximum Gasteiger partial charge on any atom is 0.265 e. The summed E-state index contributed by atoms with van der Waals surface area (Å²) in [6.45, 7) is 2.00. The molecule has 2 aromatic carbocycles. The van der Waals surface area contributed by atoms with Gasteiger partial charge in [0.1, 0.15) is 4.90 Å². The number of aliphatic hydroxyl groups is 1. The van der Waals surface area contributed by atoms with Gasteiger partial charge in [0.25, 0.3) is 10.0 Å². The maximum absolute atomic E-state index is 12.8. The second kappa shape index (κ2) is 6.60. The number of hydrogen-bond donors (Lipinski definition) is 1. The van der Waals surface area contributed by atoms with Crippen LogP contribution in [0, 0.1) is 0 Å². The fourth-order valence-electron chi connectivity index (χ4n) is 2.06. The first-order valence-electron chi connectivity index (χ1n) is 6.47. The fourth-order valence-corrected chi connectivity index (χ4v) is 4.62. The van der Waals surface area contributed by atoms with Crippen LogP contribution in [0.1, 0.15) is 12.5 Å². The largest absolute Gasteiger partial charge is 0.392 e. The number of rotatable bonds is 5. The van der Waals surface area contributed by atoms with Crippen molar-refractivity contribution in [3.8, 4) is 0 Å². The summed E-state index contributed by atoms with van der Waals surface area (Å²) in [5.74, 6) is 0. The molecule has 112 valence electrons. The van der Waals surface area contributed by atoms with Gasteiger partial charge in [-0.05, 0) is 52.7 Å². The Balaban J connectivity index is 2.50. The molecule has 0 radical (unpaired) electrons. The van der Waals surface area contributed by atoms with Crippen molar-refractivity contribution in [3.05, 3.63) is 58.6 Å². The van der Waals surface area contributed by atoms with E-state index in [-0.39, 0.29) is 11.5 Å². The van der Waals surface area contributed by atoms with Crippen LogP contribution in [-0.2, 0) is 16.6 Å². The van der Waals surface area contributed by atoms with E-state index < -0.39 is 10.0 Å². The van der Waals surface area contributed by atoms with Crippen LogP contribution < -0.4 is 4.31 Å². The molecule has 0 fully saturated rings. The van der Waals surface area contributed by atoms with E-state index in [4.69, 9.17) is 5.11 Å². The van der Waals surface area contributed by atoms with E-state index >= 15 is 0 Å². The van der Waals surface area contributed by atoms with Crippen LogP contribution in [0.2, 0.25) is 0 Å². The first-order chi connectivity index (χ1) is 10.0. The molecule has 0 atom stereocenters. The highest BCUT2D eigenvalue weighted by atomic mass is 79.9. The molecule has 0 spiro atoms. The molecule has 2 rings (SSSR count). The number of aliphatic hydroxyl groups excluding tert-OH is 1. The van der Waals surface area contributed by atoms with Crippen molar-refractivity contribution in [2.75, 3.05) is 10.8 Å². The molecular formula is C15H16BrNO3S. The van der Waals surface area contributed by atoms with Gasteiger partial charge in [0.2, 0.25) is 0 Å². The predicted octanol–water partition coefficient (Wildman–Crippen LogP) is 3.16. The molecule has 0 aliphatic rings. The van der Waals surface area contributed by atoms with Gasteiger partial charge >= 0.3 is 0 Å². The summed E-state index contributed by atoms with van der Waals surface area (Å²) < 4.78 is 27.4. The van der Waals surface area contributed by atoms with E-state index in [2.05, 4.69) is 15.9 Å². The Morgan fingerprint density at radius 1 is 1.14 bits per heavy atom. The van der Waals surface area contributed by atoms with E-state index in [1.165, 1.54) is 10.4 Å². The van der Waals surface area contributed by atoms with Gasteiger partial charge in [0.15, 0.2) is 0 Å². The first kappa shape index (κ1) is 16.0. The third-order valence-corrected chi connectivity index (χ3v) is 5.96. The van der Waals surface area contributed by atoms with Crippen molar-refractivity contribution >= 4 is 31.6 Å². The Morgan fingerprint density at radius 2 is 1.81 bits per heavy atom. The van der Waals surface area contributed by atoms with Crippen molar-refractivity contribution in [2.24, 2.45) is 0 Å². The predicted molar refractivity (Wildman–Crippen MR) is 86.7 cm³/mol. The molecule has 0 bridgehead atoms. The number of hydrogen-bond acceptors (Lipinski definition) is 3. The zero-order valence-corrected chi connectivity index (χ0v) is 13.9. The highest BCUT2D eigenvalue weighted by molar-refractivity contribution is 9.10. The molecule has 0 aliphatic heterocycles. The monoisotopic (exact) mass is 369 g/mol. The Morgan fingerprint density at radius 3 is 2.33 bits per heavy atom. The summed E-state index contributed by atoms with van der Waals surface area (Å²) in [7, 11) is -3.66. The summed E-state index contributed by atoms with van der Waals surface area (Å²) in [5, 5.41) is 9.11. The smallest absolute Gasteiger partial charge is 0.265 e. The zero-order chi connectivity index (χ0) is 15.5. The SMILES string of the molecule is CCN(c1ccccc1)S(=O)(=O)c1ccc(CO)cc1Br. The van der Waals surface area contributed by atoms with E-state index in [0.717, 1.165) is 0 Å². The lowest BCUT2D eigenvalue weighted by Crippen LogP contribution is -2.31. The Labute approximate surface area is 133 Å². The summed E-state index contributed by atoms with van der Waals surface area (Å²) in [4.78, 5) is 0.186. The summed E-state index contributed by atoms with van der Waals surface area (Å²) in [5.41, 5.74) is 1.28. The number of sulfonamides is 1. The molecule has 2 aromatic rings. The molecular weight excluding hydrogens is 354 g/mol. The van der Waals surface area contributed by atoms with Gasteiger partial charge in [-0.15, -0.1) is 0 Å². The molecule has 0 saturated heterocycles. The minimum atomic E-state index is -3.66. The van der Waals surface area contributed by atoms with Gasteiger partial charge in [0.05, 0.1) is 12.3 Å². The van der Waals surface area contributed by atoms with E-state index in [9.17, 15) is 8.42 Å². The van der Waals surface area contributed by atoms with Gasteiger partial charge < -0.3 is 5.11 Å². The van der Waals surface area contributed by atoms with E-state index in [1.807, 2.05) is 6.07 Å². The zero-order valence-electron chi connectivity index (χ0n) is 11.5. The Bertz CT molecular complexity index is 717. The van der Waals surface area contributed by atoms with Crippen molar-refractivity contribution in [1.29, 1.82) is 0 Å². The van der Waals surface area contributed by atoms with Crippen LogP contribution in [-0.4, -0.2) is 20.1 Å². The molecule has 1 N–H and O–H groups in total. The lowest BCUT2D eigenvalue weighted by molar-refractivity contribution is 0.281. The van der Waals surface area contributed by atoms with E-state index in [0.29, 0.717) is 22.3 Å². The average Bonchev–Trinajstić information content (AvgIpc) is 2.48. The Kier molecular flexibility index (Phi) is 5.03. The third-order valence-electron chi connectivity index (χ3n) is 3.08. The average molecular weight is 370 g/mol. The topological polar surface area (TPSA) is 57.6 Å². The quantitative estimate of drug-likeness (QED) is 0.880. The summed E-state index contributed by atoms with van der Waals surface area (Å²) in [6, 6.07) is 13.7. The van der Waals surface area contributed by atoms with Crippen LogP contribution in [0.25, 0.3) is 0 Å². The van der Waals surface area contributed by atoms with Crippen LogP contribution in [0.5, 0.6) is 0 Å². The molecule has 0 unspecified atom stereocenters. The second-order valence-electron chi connectivity index (χ2n) is 4.43. The second-order valence-corrected chi connectivity index (χ2v) is 7.11. The molecule has 21 heavy (non-hydrogen) atoms. The molecule has 4 nitrogen and oxygen atoms in total. The highest BCUT2D eigenvalue weighted by Gasteiger charge is 2.25. The molecule has 0 saturated carbocycles. The highest BCUT2D eigenvalue weighted by Crippen LogP contribution is 2.29. The molecule has 0 heterocycles.